The van der Waals surface area contributed by atoms with Crippen molar-refractivity contribution in [2.45, 2.75) is 58.8 Å². The van der Waals surface area contributed by atoms with Crippen LogP contribution in [0.25, 0.3) is 10.4 Å². The number of aliphatic hydroxyl groups excluding tert-OH is 1. The minimum absolute atomic E-state index is 0.00238. The molecular formula is C43H54N10O6S. The molecule has 0 saturated carbocycles. The quantitative estimate of drug-likeness (QED) is 0.0848. The predicted octanol–water partition coefficient (Wildman–Crippen LogP) is 3.22. The molecule has 2 aliphatic rings. The summed E-state index contributed by atoms with van der Waals surface area (Å²) in [4.78, 5) is 69.1. The van der Waals surface area contributed by atoms with Gasteiger partial charge in [-0.1, -0.05) is 45.0 Å². The molecular weight excluding hydrogens is 785 g/mol. The molecule has 1 aromatic heterocycles. The number of thiazole rings is 1. The first-order chi connectivity index (χ1) is 28.6. The second kappa shape index (κ2) is 18.9. The minimum atomic E-state index is -0.917. The fourth-order valence-corrected chi connectivity index (χ4v) is 8.18. The lowest BCUT2D eigenvalue weighted by Crippen LogP contribution is -2.59. The number of aliphatic hydroxyl groups is 1. The lowest BCUT2D eigenvalue weighted by atomic mass is 9.85. The van der Waals surface area contributed by atoms with Gasteiger partial charge < -0.3 is 47.1 Å². The van der Waals surface area contributed by atoms with Crippen LogP contribution in [0.15, 0.2) is 77.2 Å². The molecule has 6 rings (SSSR count). The number of nitrogens with zero attached hydrogens (tertiary/aromatic N) is 5. The van der Waals surface area contributed by atoms with Gasteiger partial charge in [-0.25, -0.2) is 9.98 Å². The molecule has 2 saturated heterocycles. The number of anilines is 2. The molecule has 3 heterocycles. The van der Waals surface area contributed by atoms with Gasteiger partial charge in [0, 0.05) is 62.6 Å². The molecule has 60 heavy (non-hydrogen) atoms. The van der Waals surface area contributed by atoms with Gasteiger partial charge in [0.1, 0.15) is 23.5 Å². The number of aromatic nitrogens is 1. The maximum Gasteiger partial charge on any atom is 0.255 e. The van der Waals surface area contributed by atoms with Crippen molar-refractivity contribution in [2.75, 3.05) is 56.6 Å². The number of likely N-dealkylation sites (tertiary alicyclic amines) is 1. The molecule has 0 bridgehead atoms. The summed E-state index contributed by atoms with van der Waals surface area (Å²) in [6, 6.07) is 18.4. The van der Waals surface area contributed by atoms with E-state index in [1.807, 2.05) is 86.6 Å². The van der Waals surface area contributed by atoms with Crippen molar-refractivity contribution in [1.82, 2.24) is 25.4 Å². The van der Waals surface area contributed by atoms with Crippen LogP contribution < -0.4 is 37.1 Å². The Hall–Kier alpha value is -6.04. The van der Waals surface area contributed by atoms with Crippen LogP contribution in [-0.2, 0) is 20.9 Å². The van der Waals surface area contributed by atoms with Crippen LogP contribution >= 0.6 is 11.3 Å². The van der Waals surface area contributed by atoms with Crippen LogP contribution in [0.2, 0.25) is 0 Å². The van der Waals surface area contributed by atoms with Crippen LogP contribution in [0.1, 0.15) is 48.8 Å². The van der Waals surface area contributed by atoms with Gasteiger partial charge in [-0.05, 0) is 65.9 Å². The third-order valence-corrected chi connectivity index (χ3v) is 11.6. The lowest BCUT2D eigenvalue weighted by Gasteiger charge is -2.37. The highest BCUT2D eigenvalue weighted by Gasteiger charge is 2.44. The average Bonchev–Trinajstić information content (AvgIpc) is 3.84. The van der Waals surface area contributed by atoms with Crippen LogP contribution in [-0.4, -0.2) is 114 Å². The number of aryl methyl sites for hydroxylation is 1. The molecule has 3 aromatic carbocycles. The minimum Gasteiger partial charge on any atom is -0.494 e. The summed E-state index contributed by atoms with van der Waals surface area (Å²) in [6.07, 6.45) is -0.749. The lowest BCUT2D eigenvalue weighted by molar-refractivity contribution is -0.144. The summed E-state index contributed by atoms with van der Waals surface area (Å²) < 4.78 is 5.33. The van der Waals surface area contributed by atoms with E-state index in [2.05, 4.69) is 30.8 Å². The number of benzene rings is 3. The molecule has 0 spiro atoms. The number of guanidine groups is 1. The Labute approximate surface area is 354 Å². The van der Waals surface area contributed by atoms with Gasteiger partial charge in [-0.2, -0.15) is 0 Å². The fourth-order valence-electron chi connectivity index (χ4n) is 7.36. The SMILES string of the molecule is COc1cc(C(=O)Nc2ccc(N3CCN(CC(=O)N[C@H](C(=O)N4C[C@H](O)C[C@H]4C(=O)NCc4ccc(-c5scnc5C)cc4)C(C)(C)C)CC3)cc2)ccc1N=C(N)N. The highest BCUT2D eigenvalue weighted by molar-refractivity contribution is 7.13. The number of ether oxygens (including phenoxy) is 1. The first kappa shape index (κ1) is 43.5. The number of rotatable bonds is 13. The topological polar surface area (TPSA) is 221 Å². The van der Waals surface area contributed by atoms with Gasteiger partial charge in [0.25, 0.3) is 5.91 Å². The van der Waals surface area contributed by atoms with Crippen LogP contribution in [0, 0.1) is 12.3 Å². The summed E-state index contributed by atoms with van der Waals surface area (Å²) in [5.41, 5.74) is 17.4. The van der Waals surface area contributed by atoms with E-state index in [0.29, 0.717) is 48.9 Å². The van der Waals surface area contributed by atoms with Gasteiger partial charge in [0.2, 0.25) is 17.7 Å². The van der Waals surface area contributed by atoms with Crippen molar-refractivity contribution in [3.8, 4) is 16.2 Å². The first-order valence-corrected chi connectivity index (χ1v) is 20.7. The molecule has 0 radical (unpaired) electrons. The van der Waals surface area contributed by atoms with Crippen LogP contribution in [0.3, 0.4) is 0 Å². The maximum absolute atomic E-state index is 14.1. The Morgan fingerprint density at radius 2 is 1.70 bits per heavy atom. The first-order valence-electron chi connectivity index (χ1n) is 19.8. The van der Waals surface area contributed by atoms with E-state index in [9.17, 15) is 24.3 Å². The number of hydrogen-bond donors (Lipinski definition) is 6. The van der Waals surface area contributed by atoms with Crippen molar-refractivity contribution in [2.24, 2.45) is 21.9 Å². The fraction of sp³-hybridized carbons (Fsp3) is 0.395. The molecule has 4 amide bonds. The van der Waals surface area contributed by atoms with E-state index >= 15 is 0 Å². The number of nitrogens with two attached hydrogens (primary N) is 2. The standard InChI is InChI=1S/C43H54N10O6S/c1-26-37(60-25-47-26)28-8-6-27(7-9-28)22-46-40(57)34-21-32(54)23-53(34)41(58)38(43(2,3)4)50-36(55)24-51-16-18-52(19-17-51)31-13-11-30(12-14-31)48-39(56)29-10-15-33(49-42(44)45)35(20-29)59-5/h6-15,20,25,32,34,38,54H,16-19,21-24H2,1-5H3,(H,46,57)(H,48,56)(H,50,55)(H4,44,45,49)/t32-,34+,38-/m1/s1. The molecule has 2 fully saturated rings. The zero-order valence-corrected chi connectivity index (χ0v) is 35.4. The number of piperazine rings is 1. The van der Waals surface area contributed by atoms with Crippen molar-refractivity contribution < 1.29 is 29.0 Å². The normalized spacial score (nSPS) is 17.4. The molecule has 2 aliphatic heterocycles. The molecule has 4 aromatic rings. The Kier molecular flexibility index (Phi) is 13.7. The van der Waals surface area contributed by atoms with Gasteiger partial charge in [0.05, 0.1) is 35.8 Å². The highest BCUT2D eigenvalue weighted by atomic mass is 32.1. The highest BCUT2D eigenvalue weighted by Crippen LogP contribution is 2.30. The molecule has 0 unspecified atom stereocenters. The van der Waals surface area contributed by atoms with E-state index in [1.54, 1.807) is 29.5 Å². The van der Waals surface area contributed by atoms with Crippen LogP contribution in [0.5, 0.6) is 5.75 Å². The van der Waals surface area contributed by atoms with Crippen molar-refractivity contribution in [1.29, 1.82) is 0 Å². The zero-order chi connectivity index (χ0) is 43.1. The number of nitrogens with one attached hydrogen (secondary N) is 3. The van der Waals surface area contributed by atoms with E-state index < -0.39 is 29.5 Å². The maximum atomic E-state index is 14.1. The number of β-amino-alcohol motifs (C(OH)–C–C–N with tert-alkyl or cyclic N) is 1. The monoisotopic (exact) mass is 838 g/mol. The number of hydrogen-bond acceptors (Lipinski definition) is 11. The second-order valence-corrected chi connectivity index (χ2v) is 17.0. The Balaban J connectivity index is 0.987. The van der Waals surface area contributed by atoms with E-state index in [4.69, 9.17) is 16.2 Å². The number of aliphatic imine (C=N–C) groups is 1. The number of methoxy groups -OCH3 is 1. The Bertz CT molecular complexity index is 2190. The van der Waals surface area contributed by atoms with Crippen molar-refractivity contribution >= 4 is 58.0 Å². The molecule has 16 nitrogen and oxygen atoms in total. The summed E-state index contributed by atoms with van der Waals surface area (Å²) in [6.45, 7) is 10.5. The van der Waals surface area contributed by atoms with Crippen molar-refractivity contribution in [3.63, 3.8) is 0 Å². The number of carbonyl (C=O) groups excluding carboxylic acids is 4. The van der Waals surface area contributed by atoms with Gasteiger partial charge >= 0.3 is 0 Å². The summed E-state index contributed by atoms with van der Waals surface area (Å²) >= 11 is 1.58. The third-order valence-electron chi connectivity index (χ3n) is 10.6. The number of carbonyl (C=O) groups is 4. The van der Waals surface area contributed by atoms with Gasteiger partial charge in [0.15, 0.2) is 5.96 Å². The second-order valence-electron chi connectivity index (χ2n) is 16.1. The van der Waals surface area contributed by atoms with Gasteiger partial charge in [-0.15, -0.1) is 11.3 Å². The third kappa shape index (κ3) is 10.8. The summed E-state index contributed by atoms with van der Waals surface area (Å²) in [5.74, 6) is -1.13. The smallest absolute Gasteiger partial charge is 0.255 e. The van der Waals surface area contributed by atoms with Crippen molar-refractivity contribution in [3.05, 3.63) is 89.1 Å². The van der Waals surface area contributed by atoms with E-state index in [0.717, 1.165) is 27.4 Å². The summed E-state index contributed by atoms with van der Waals surface area (Å²) in [5, 5.41) is 19.4. The Morgan fingerprint density at radius 3 is 2.32 bits per heavy atom. The predicted molar refractivity (Wildman–Crippen MR) is 233 cm³/mol. The molecule has 3 atom stereocenters. The largest absolute Gasteiger partial charge is 0.494 e. The van der Waals surface area contributed by atoms with E-state index in [-0.39, 0.29) is 49.7 Å². The summed E-state index contributed by atoms with van der Waals surface area (Å²) in [7, 11) is 1.47. The van der Waals surface area contributed by atoms with Crippen LogP contribution in [0.4, 0.5) is 17.1 Å². The number of amides is 4. The van der Waals surface area contributed by atoms with Gasteiger partial charge in [-0.3, -0.25) is 24.1 Å². The zero-order valence-electron chi connectivity index (χ0n) is 34.6. The molecule has 17 heteroatoms. The molecule has 8 N–H and O–H groups in total. The Morgan fingerprint density at radius 1 is 1.00 bits per heavy atom. The average molecular weight is 839 g/mol. The molecule has 0 aliphatic carbocycles. The van der Waals surface area contributed by atoms with E-state index in [1.165, 1.54) is 12.0 Å². The molecule has 318 valence electrons.